The average molecular weight is 210 g/mol. The van der Waals surface area contributed by atoms with E-state index in [2.05, 4.69) is 4.98 Å². The first kappa shape index (κ1) is 10.5. The molecule has 82 valence electrons. The molecule has 0 amide bonds. The van der Waals surface area contributed by atoms with Crippen LogP contribution >= 0.6 is 0 Å². The summed E-state index contributed by atoms with van der Waals surface area (Å²) in [7, 11) is 1.63. The maximum absolute atomic E-state index is 13.4. The zero-order chi connectivity index (χ0) is 10.8. The summed E-state index contributed by atoms with van der Waals surface area (Å²) in [6, 6.07) is 1.22. The standard InChI is InChI=1S/C11H15FN2O/c1-15-11(7-2-3-7)10(13)8-4-5-14-6-9(8)12/h4-7,10-11H,2-3,13H2,1H3. The van der Waals surface area contributed by atoms with E-state index in [4.69, 9.17) is 10.5 Å². The van der Waals surface area contributed by atoms with Crippen LogP contribution in [-0.2, 0) is 4.74 Å². The quantitative estimate of drug-likeness (QED) is 0.822. The van der Waals surface area contributed by atoms with Gasteiger partial charge in [0.05, 0.1) is 18.3 Å². The van der Waals surface area contributed by atoms with Crippen LogP contribution in [-0.4, -0.2) is 18.2 Å². The van der Waals surface area contributed by atoms with Crippen LogP contribution in [0.3, 0.4) is 0 Å². The smallest absolute Gasteiger partial charge is 0.146 e. The second kappa shape index (κ2) is 4.24. The van der Waals surface area contributed by atoms with Crippen molar-refractivity contribution in [3.8, 4) is 0 Å². The van der Waals surface area contributed by atoms with E-state index in [1.165, 1.54) is 6.20 Å². The second-order valence-electron chi connectivity index (χ2n) is 3.96. The van der Waals surface area contributed by atoms with Crippen LogP contribution in [0.15, 0.2) is 18.5 Å². The topological polar surface area (TPSA) is 48.1 Å². The lowest BCUT2D eigenvalue weighted by atomic mass is 9.99. The van der Waals surface area contributed by atoms with E-state index in [0.717, 1.165) is 12.8 Å². The van der Waals surface area contributed by atoms with Gasteiger partial charge >= 0.3 is 0 Å². The van der Waals surface area contributed by atoms with Crippen LogP contribution in [0.25, 0.3) is 0 Å². The van der Waals surface area contributed by atoms with Crippen LogP contribution in [0.4, 0.5) is 4.39 Å². The van der Waals surface area contributed by atoms with E-state index in [0.29, 0.717) is 11.5 Å². The fourth-order valence-electron chi connectivity index (χ4n) is 1.89. The molecule has 1 saturated carbocycles. The first-order chi connectivity index (χ1) is 7.24. The first-order valence-electron chi connectivity index (χ1n) is 5.12. The fraction of sp³-hybridized carbons (Fsp3) is 0.545. The number of ether oxygens (including phenoxy) is 1. The molecule has 1 aliphatic rings. The third kappa shape index (κ3) is 2.16. The van der Waals surface area contributed by atoms with Gasteiger partial charge in [0.2, 0.25) is 0 Å². The summed E-state index contributed by atoms with van der Waals surface area (Å²) in [5, 5.41) is 0. The van der Waals surface area contributed by atoms with E-state index in [-0.39, 0.29) is 11.9 Å². The predicted molar refractivity (Wildman–Crippen MR) is 54.6 cm³/mol. The molecule has 1 heterocycles. The molecule has 2 unspecified atom stereocenters. The Hall–Kier alpha value is -1.00. The predicted octanol–water partition coefficient (Wildman–Crippen LogP) is 1.65. The lowest BCUT2D eigenvalue weighted by Gasteiger charge is -2.22. The van der Waals surface area contributed by atoms with Crippen LogP contribution in [0.1, 0.15) is 24.4 Å². The van der Waals surface area contributed by atoms with Gasteiger partial charge in [0, 0.05) is 18.9 Å². The Morgan fingerprint density at radius 2 is 2.33 bits per heavy atom. The molecule has 0 spiro atoms. The monoisotopic (exact) mass is 210 g/mol. The lowest BCUT2D eigenvalue weighted by molar-refractivity contribution is 0.0614. The Morgan fingerprint density at radius 3 is 2.87 bits per heavy atom. The van der Waals surface area contributed by atoms with Crippen LogP contribution in [0.5, 0.6) is 0 Å². The van der Waals surface area contributed by atoms with Gasteiger partial charge in [-0.2, -0.15) is 0 Å². The molecule has 0 radical (unpaired) electrons. The number of nitrogens with zero attached hydrogens (tertiary/aromatic N) is 1. The number of nitrogens with two attached hydrogens (primary N) is 1. The molecular formula is C11H15FN2O. The summed E-state index contributed by atoms with van der Waals surface area (Å²) in [4.78, 5) is 3.70. The molecule has 2 N–H and O–H groups in total. The number of hydrogen-bond acceptors (Lipinski definition) is 3. The van der Waals surface area contributed by atoms with Gasteiger partial charge in [-0.3, -0.25) is 4.98 Å². The van der Waals surface area contributed by atoms with Crippen molar-refractivity contribution in [2.24, 2.45) is 11.7 Å². The van der Waals surface area contributed by atoms with E-state index in [1.54, 1.807) is 19.4 Å². The van der Waals surface area contributed by atoms with Gasteiger partial charge in [0.15, 0.2) is 0 Å². The Labute approximate surface area is 88.5 Å². The first-order valence-corrected chi connectivity index (χ1v) is 5.12. The van der Waals surface area contributed by atoms with Gasteiger partial charge in [0.25, 0.3) is 0 Å². The normalized spacial score (nSPS) is 19.9. The maximum atomic E-state index is 13.4. The van der Waals surface area contributed by atoms with Gasteiger partial charge in [-0.25, -0.2) is 4.39 Å². The van der Waals surface area contributed by atoms with Crippen molar-refractivity contribution < 1.29 is 9.13 Å². The molecule has 3 nitrogen and oxygen atoms in total. The molecule has 0 bridgehead atoms. The molecule has 1 fully saturated rings. The number of rotatable bonds is 4. The Kier molecular flexibility index (Phi) is 2.98. The zero-order valence-electron chi connectivity index (χ0n) is 8.69. The van der Waals surface area contributed by atoms with Crippen molar-refractivity contribution in [3.05, 3.63) is 29.8 Å². The Morgan fingerprint density at radius 1 is 1.60 bits per heavy atom. The molecule has 1 aliphatic carbocycles. The van der Waals surface area contributed by atoms with Crippen molar-refractivity contribution in [2.75, 3.05) is 7.11 Å². The SMILES string of the molecule is COC(C1CC1)C(N)c1ccncc1F. The summed E-state index contributed by atoms with van der Waals surface area (Å²) >= 11 is 0. The largest absolute Gasteiger partial charge is 0.379 e. The number of methoxy groups -OCH3 is 1. The highest BCUT2D eigenvalue weighted by atomic mass is 19.1. The minimum atomic E-state index is -0.398. The summed E-state index contributed by atoms with van der Waals surface area (Å²) in [6.07, 6.45) is 4.91. The van der Waals surface area contributed by atoms with Crippen molar-refractivity contribution in [1.82, 2.24) is 4.98 Å². The Balaban J connectivity index is 2.18. The van der Waals surface area contributed by atoms with E-state index >= 15 is 0 Å². The van der Waals surface area contributed by atoms with E-state index in [9.17, 15) is 4.39 Å². The minimum absolute atomic E-state index is 0.0816. The van der Waals surface area contributed by atoms with Gasteiger partial charge in [-0.15, -0.1) is 0 Å². The molecule has 0 saturated heterocycles. The van der Waals surface area contributed by atoms with Gasteiger partial charge in [-0.05, 0) is 24.8 Å². The van der Waals surface area contributed by atoms with Crippen molar-refractivity contribution in [3.63, 3.8) is 0 Å². The fourth-order valence-corrected chi connectivity index (χ4v) is 1.89. The van der Waals surface area contributed by atoms with Crippen LogP contribution in [0.2, 0.25) is 0 Å². The molecule has 15 heavy (non-hydrogen) atoms. The van der Waals surface area contributed by atoms with Gasteiger partial charge in [0.1, 0.15) is 5.82 Å². The summed E-state index contributed by atoms with van der Waals surface area (Å²) in [6.45, 7) is 0. The molecule has 2 atom stereocenters. The molecule has 2 rings (SSSR count). The third-order valence-corrected chi connectivity index (χ3v) is 2.88. The summed E-state index contributed by atoms with van der Waals surface area (Å²) in [5.41, 5.74) is 6.49. The molecule has 1 aromatic heterocycles. The maximum Gasteiger partial charge on any atom is 0.146 e. The molecule has 1 aromatic rings. The number of aromatic nitrogens is 1. The molecular weight excluding hydrogens is 195 g/mol. The van der Waals surface area contributed by atoms with E-state index < -0.39 is 6.04 Å². The highest BCUT2D eigenvalue weighted by Crippen LogP contribution is 2.39. The summed E-state index contributed by atoms with van der Waals surface area (Å²) < 4.78 is 18.8. The lowest BCUT2D eigenvalue weighted by Crippen LogP contribution is -2.30. The Bertz CT molecular complexity index is 341. The number of hydrogen-bond donors (Lipinski definition) is 1. The highest BCUT2D eigenvalue weighted by molar-refractivity contribution is 5.19. The van der Waals surface area contributed by atoms with E-state index in [1.807, 2.05) is 0 Å². The minimum Gasteiger partial charge on any atom is -0.379 e. The average Bonchev–Trinajstić information content (AvgIpc) is 3.03. The molecule has 4 heteroatoms. The second-order valence-corrected chi connectivity index (χ2v) is 3.96. The highest BCUT2D eigenvalue weighted by Gasteiger charge is 2.36. The van der Waals surface area contributed by atoms with Crippen molar-refractivity contribution >= 4 is 0 Å². The van der Waals surface area contributed by atoms with Crippen LogP contribution < -0.4 is 5.73 Å². The van der Waals surface area contributed by atoms with Crippen molar-refractivity contribution in [2.45, 2.75) is 25.0 Å². The zero-order valence-corrected chi connectivity index (χ0v) is 8.69. The van der Waals surface area contributed by atoms with Crippen LogP contribution in [0, 0.1) is 11.7 Å². The van der Waals surface area contributed by atoms with Gasteiger partial charge < -0.3 is 10.5 Å². The number of halogens is 1. The molecule has 0 aromatic carbocycles. The third-order valence-electron chi connectivity index (χ3n) is 2.88. The number of pyridine rings is 1. The van der Waals surface area contributed by atoms with Crippen molar-refractivity contribution in [1.29, 1.82) is 0 Å². The van der Waals surface area contributed by atoms with Gasteiger partial charge in [-0.1, -0.05) is 0 Å². The summed E-state index contributed by atoms with van der Waals surface area (Å²) in [5.74, 6) is 0.130. The molecule has 0 aliphatic heterocycles.